The Hall–Kier alpha value is -1.38. The molecule has 0 bridgehead atoms. The highest BCUT2D eigenvalue weighted by atomic mass is 16.6. The summed E-state index contributed by atoms with van der Waals surface area (Å²) in [5.74, 6) is -0.0619. The van der Waals surface area contributed by atoms with Gasteiger partial charge in [-0.1, -0.05) is 20.8 Å². The maximum Gasteiger partial charge on any atom is 0.407 e. The summed E-state index contributed by atoms with van der Waals surface area (Å²) in [6.45, 7) is 8.89. The van der Waals surface area contributed by atoms with Crippen LogP contribution in [0.5, 0.6) is 0 Å². The van der Waals surface area contributed by atoms with Crippen LogP contribution < -0.4 is 5.32 Å². The summed E-state index contributed by atoms with van der Waals surface area (Å²) in [7, 11) is 0. The molecular weight excluding hydrogens is 400 g/mol. The number of hydrogen-bond acceptors (Lipinski definition) is 6. The standard InChI is InChI=1S/C23H40N2O6/c1-4-9-24-21(29)31-19-7-8-22(2)16(14-20(28)25-10-12-30-13-11-25)17(27)5-6-18(22)23(19,3)15-26/h16-19,26-27H,4-15H2,1-3H3,(H,24,29). The number of carbonyl (C=O) groups excluding carboxylic acids is 2. The smallest absolute Gasteiger partial charge is 0.407 e. The molecule has 0 spiro atoms. The van der Waals surface area contributed by atoms with E-state index in [-0.39, 0.29) is 29.8 Å². The maximum atomic E-state index is 13.0. The summed E-state index contributed by atoms with van der Waals surface area (Å²) < 4.78 is 11.1. The average Bonchev–Trinajstić information content (AvgIpc) is 2.77. The second-order valence-electron chi connectivity index (χ2n) is 10.0. The lowest BCUT2D eigenvalue weighted by Crippen LogP contribution is -2.61. The van der Waals surface area contributed by atoms with E-state index in [0.29, 0.717) is 52.1 Å². The second kappa shape index (κ2) is 10.0. The third-order valence-electron chi connectivity index (χ3n) is 8.20. The fourth-order valence-electron chi connectivity index (χ4n) is 6.31. The van der Waals surface area contributed by atoms with E-state index in [1.807, 2.05) is 18.7 Å². The van der Waals surface area contributed by atoms with Gasteiger partial charge in [-0.2, -0.15) is 0 Å². The first-order chi connectivity index (χ1) is 14.8. The molecule has 8 heteroatoms. The summed E-state index contributed by atoms with van der Waals surface area (Å²) >= 11 is 0. The number of aliphatic hydroxyl groups excluding tert-OH is 2. The van der Waals surface area contributed by atoms with Gasteiger partial charge in [0.25, 0.3) is 0 Å². The molecule has 2 amide bonds. The first-order valence-corrected chi connectivity index (χ1v) is 11.8. The number of aliphatic hydroxyl groups is 2. The van der Waals surface area contributed by atoms with E-state index in [9.17, 15) is 19.8 Å². The molecular formula is C23H40N2O6. The molecule has 1 heterocycles. The van der Waals surface area contributed by atoms with Gasteiger partial charge >= 0.3 is 6.09 Å². The van der Waals surface area contributed by atoms with Crippen LogP contribution in [0.4, 0.5) is 4.79 Å². The van der Waals surface area contributed by atoms with Crippen molar-refractivity contribution < 1.29 is 29.3 Å². The molecule has 0 radical (unpaired) electrons. The van der Waals surface area contributed by atoms with Crippen molar-refractivity contribution in [3.05, 3.63) is 0 Å². The van der Waals surface area contributed by atoms with Gasteiger partial charge in [0.15, 0.2) is 0 Å². The summed E-state index contributed by atoms with van der Waals surface area (Å²) in [6, 6.07) is 0. The lowest BCUT2D eigenvalue weighted by Gasteiger charge is -2.60. The van der Waals surface area contributed by atoms with E-state index in [2.05, 4.69) is 12.2 Å². The molecule has 1 saturated heterocycles. The van der Waals surface area contributed by atoms with Gasteiger partial charge < -0.3 is 29.9 Å². The van der Waals surface area contributed by atoms with E-state index in [4.69, 9.17) is 9.47 Å². The number of nitrogens with one attached hydrogen (secondary N) is 1. The zero-order valence-corrected chi connectivity index (χ0v) is 19.3. The zero-order chi connectivity index (χ0) is 22.6. The van der Waals surface area contributed by atoms with Crippen molar-refractivity contribution >= 4 is 12.0 Å². The fraction of sp³-hybridized carbons (Fsp3) is 0.913. The second-order valence-corrected chi connectivity index (χ2v) is 10.0. The molecule has 3 rings (SSSR count). The van der Waals surface area contributed by atoms with Crippen molar-refractivity contribution in [1.82, 2.24) is 10.2 Å². The van der Waals surface area contributed by atoms with Crippen molar-refractivity contribution in [2.75, 3.05) is 39.5 Å². The highest BCUT2D eigenvalue weighted by Crippen LogP contribution is 2.61. The maximum absolute atomic E-state index is 13.0. The molecule has 8 nitrogen and oxygen atoms in total. The Morgan fingerprint density at radius 3 is 2.55 bits per heavy atom. The minimum Gasteiger partial charge on any atom is -0.446 e. The van der Waals surface area contributed by atoms with Crippen molar-refractivity contribution in [1.29, 1.82) is 0 Å². The van der Waals surface area contributed by atoms with Crippen LogP contribution in [0.3, 0.4) is 0 Å². The predicted molar refractivity (Wildman–Crippen MR) is 115 cm³/mol. The Morgan fingerprint density at radius 2 is 1.90 bits per heavy atom. The first-order valence-electron chi connectivity index (χ1n) is 11.8. The van der Waals surface area contributed by atoms with Crippen molar-refractivity contribution in [3.8, 4) is 0 Å². The van der Waals surface area contributed by atoms with E-state index in [1.54, 1.807) is 0 Å². The number of ether oxygens (including phenoxy) is 2. The Kier molecular flexibility index (Phi) is 7.86. The van der Waals surface area contributed by atoms with Crippen molar-refractivity contribution in [2.24, 2.45) is 22.7 Å². The van der Waals surface area contributed by atoms with Crippen LogP contribution in [-0.2, 0) is 14.3 Å². The third-order valence-corrected chi connectivity index (χ3v) is 8.20. The van der Waals surface area contributed by atoms with Gasteiger partial charge in [0.05, 0.1) is 25.9 Å². The number of alkyl carbamates (subject to hydrolysis) is 1. The largest absolute Gasteiger partial charge is 0.446 e. The number of carbonyl (C=O) groups is 2. The van der Waals surface area contributed by atoms with Gasteiger partial charge in [-0.15, -0.1) is 0 Å². The molecule has 0 aromatic carbocycles. The Balaban J connectivity index is 1.77. The lowest BCUT2D eigenvalue weighted by atomic mass is 9.46. The zero-order valence-electron chi connectivity index (χ0n) is 19.3. The quantitative estimate of drug-likeness (QED) is 0.582. The van der Waals surface area contributed by atoms with E-state index < -0.39 is 23.7 Å². The molecule has 6 atom stereocenters. The summed E-state index contributed by atoms with van der Waals surface area (Å²) in [4.78, 5) is 27.1. The van der Waals surface area contributed by atoms with Gasteiger partial charge in [0, 0.05) is 31.5 Å². The minimum atomic E-state index is -0.614. The fourth-order valence-corrected chi connectivity index (χ4v) is 6.31. The van der Waals surface area contributed by atoms with Crippen LogP contribution in [-0.4, -0.2) is 78.8 Å². The molecule has 31 heavy (non-hydrogen) atoms. The number of amides is 2. The Labute approximate surface area is 185 Å². The lowest BCUT2D eigenvalue weighted by molar-refractivity contribution is -0.187. The highest BCUT2D eigenvalue weighted by Gasteiger charge is 2.60. The number of fused-ring (bicyclic) bond motifs is 1. The van der Waals surface area contributed by atoms with Gasteiger partial charge in [0.1, 0.15) is 6.10 Å². The van der Waals surface area contributed by atoms with Crippen LogP contribution in [0.15, 0.2) is 0 Å². The molecule has 178 valence electrons. The molecule has 0 aromatic rings. The SMILES string of the molecule is CCCNC(=O)OC1CCC2(C)C(CC(=O)N3CCOCC3)C(O)CCC2C1(C)CO. The molecule has 3 fully saturated rings. The molecule has 6 unspecified atom stereocenters. The number of morpholine rings is 1. The summed E-state index contributed by atoms with van der Waals surface area (Å²) in [5.41, 5.74) is -0.923. The van der Waals surface area contributed by atoms with Crippen molar-refractivity contribution in [3.63, 3.8) is 0 Å². The van der Waals surface area contributed by atoms with E-state index in [1.165, 1.54) is 0 Å². The number of nitrogens with zero attached hydrogens (tertiary/aromatic N) is 1. The normalized spacial score (nSPS) is 38.3. The van der Waals surface area contributed by atoms with Crippen LogP contribution in [0, 0.1) is 22.7 Å². The van der Waals surface area contributed by atoms with E-state index >= 15 is 0 Å². The first kappa shape index (κ1) is 24.3. The van der Waals surface area contributed by atoms with Crippen LogP contribution in [0.25, 0.3) is 0 Å². The number of hydrogen-bond donors (Lipinski definition) is 3. The third kappa shape index (κ3) is 4.86. The molecule has 3 aliphatic rings. The highest BCUT2D eigenvalue weighted by molar-refractivity contribution is 5.76. The summed E-state index contributed by atoms with van der Waals surface area (Å²) in [5, 5.41) is 24.1. The molecule has 2 aliphatic carbocycles. The van der Waals surface area contributed by atoms with Gasteiger partial charge in [-0.05, 0) is 49.4 Å². The Bertz CT molecular complexity index is 640. The van der Waals surface area contributed by atoms with Crippen LogP contribution in [0.2, 0.25) is 0 Å². The topological polar surface area (TPSA) is 108 Å². The molecule has 0 aromatic heterocycles. The average molecular weight is 441 g/mol. The Morgan fingerprint density at radius 1 is 1.19 bits per heavy atom. The van der Waals surface area contributed by atoms with Gasteiger partial charge in [-0.25, -0.2) is 4.79 Å². The summed E-state index contributed by atoms with van der Waals surface area (Å²) in [6.07, 6.45) is 2.45. The van der Waals surface area contributed by atoms with Gasteiger partial charge in [-0.3, -0.25) is 4.79 Å². The molecule has 2 saturated carbocycles. The minimum absolute atomic E-state index is 0.0496. The van der Waals surface area contributed by atoms with Crippen LogP contribution >= 0.6 is 0 Å². The van der Waals surface area contributed by atoms with E-state index in [0.717, 1.165) is 19.3 Å². The molecule has 3 N–H and O–H groups in total. The predicted octanol–water partition coefficient (Wildman–Crippen LogP) is 1.93. The van der Waals surface area contributed by atoms with Crippen molar-refractivity contribution in [2.45, 2.75) is 71.5 Å². The number of rotatable bonds is 6. The molecule has 1 aliphatic heterocycles. The monoisotopic (exact) mass is 440 g/mol. The van der Waals surface area contributed by atoms with Gasteiger partial charge in [0.2, 0.25) is 5.91 Å². The van der Waals surface area contributed by atoms with Crippen LogP contribution in [0.1, 0.15) is 59.3 Å².